The van der Waals surface area contributed by atoms with Crippen LogP contribution in [0.1, 0.15) is 201 Å². The van der Waals surface area contributed by atoms with E-state index in [1.54, 1.807) is 6.92 Å². The van der Waals surface area contributed by atoms with E-state index in [0.717, 1.165) is 25.7 Å². The highest BCUT2D eigenvalue weighted by Crippen LogP contribution is 2.24. The molecule has 0 aromatic rings. The van der Waals surface area contributed by atoms with Gasteiger partial charge in [0, 0.05) is 12.8 Å². The van der Waals surface area contributed by atoms with Crippen LogP contribution in [0.2, 0.25) is 0 Å². The molecule has 0 aliphatic heterocycles. The number of nitrogens with one attached hydrogen (secondary N) is 1. The van der Waals surface area contributed by atoms with Crippen LogP contribution in [0.4, 0.5) is 0 Å². The molecular formula is C36H72ClNO2. The van der Waals surface area contributed by atoms with Crippen LogP contribution < -0.4 is 5.32 Å². The minimum absolute atomic E-state index is 0.0723. The van der Waals surface area contributed by atoms with Gasteiger partial charge in [0.2, 0.25) is 0 Å². The minimum atomic E-state index is -1.31. The van der Waals surface area contributed by atoms with Crippen molar-refractivity contribution in [2.45, 2.75) is 205 Å². The van der Waals surface area contributed by atoms with Gasteiger partial charge in [0.05, 0.1) is 0 Å². The predicted molar refractivity (Wildman–Crippen MR) is 180 cm³/mol. The molecule has 0 spiro atoms. The van der Waals surface area contributed by atoms with Gasteiger partial charge in [-0.25, -0.2) is 0 Å². The lowest BCUT2D eigenvalue weighted by Crippen LogP contribution is -2.38. The van der Waals surface area contributed by atoms with Gasteiger partial charge in [-0.1, -0.05) is 168 Å². The van der Waals surface area contributed by atoms with Crippen molar-refractivity contribution < 1.29 is 9.59 Å². The summed E-state index contributed by atoms with van der Waals surface area (Å²) in [7, 11) is 3.75. The van der Waals surface area contributed by atoms with Crippen LogP contribution in [0, 0.1) is 0 Å². The van der Waals surface area contributed by atoms with Crippen molar-refractivity contribution >= 4 is 23.2 Å². The average Bonchev–Trinajstić information content (AvgIpc) is 2.93. The van der Waals surface area contributed by atoms with Crippen LogP contribution in [-0.4, -0.2) is 30.5 Å². The number of hydrogen-bond donors (Lipinski definition) is 1. The number of carbonyl (C=O) groups is 2. The lowest BCUT2D eigenvalue weighted by atomic mass is 9.92. The molecule has 0 atom stereocenters. The summed E-state index contributed by atoms with van der Waals surface area (Å²) in [4.78, 5) is 23.9. The number of halogens is 1. The highest BCUT2D eigenvalue weighted by atomic mass is 35.5. The molecule has 0 aliphatic rings. The van der Waals surface area contributed by atoms with Gasteiger partial charge in [-0.15, -0.1) is 11.6 Å². The SMILES string of the molecule is CCCCCCCCCCCCCCCC(=O)C(C)(Cl)C(=O)CCCCCCCCCCCCCCC.CNC. The Kier molecular flexibility index (Phi) is 34.5. The van der Waals surface area contributed by atoms with Gasteiger partial charge in [0.25, 0.3) is 0 Å². The van der Waals surface area contributed by atoms with Crippen molar-refractivity contribution in [1.82, 2.24) is 5.32 Å². The predicted octanol–water partition coefficient (Wildman–Crippen LogP) is 11.9. The van der Waals surface area contributed by atoms with Crippen molar-refractivity contribution in [3.8, 4) is 0 Å². The number of rotatable bonds is 30. The summed E-state index contributed by atoms with van der Waals surface area (Å²) in [5.74, 6) is -0.145. The fourth-order valence-corrected chi connectivity index (χ4v) is 5.42. The van der Waals surface area contributed by atoms with Crippen molar-refractivity contribution in [2.24, 2.45) is 0 Å². The van der Waals surface area contributed by atoms with Gasteiger partial charge < -0.3 is 5.32 Å². The first kappa shape index (κ1) is 41.7. The first-order valence-corrected chi connectivity index (χ1v) is 18.1. The molecule has 240 valence electrons. The standard InChI is InChI=1S/C34H65ClO2.C2H7N/c1-4-6-8-10-12-14-16-18-20-22-24-26-28-30-32(36)34(3,35)33(37)31-29-27-25-23-21-19-17-15-13-11-9-7-5-2;1-3-2/h4-31H2,1-3H3;3H,1-2H3. The second-order valence-electron chi connectivity index (χ2n) is 12.3. The Morgan fingerprint density at radius 2 is 0.625 bits per heavy atom. The zero-order valence-corrected chi connectivity index (χ0v) is 28.7. The Bertz CT molecular complexity index is 491. The first-order valence-electron chi connectivity index (χ1n) is 17.7. The van der Waals surface area contributed by atoms with Gasteiger partial charge in [0.15, 0.2) is 16.4 Å². The Morgan fingerprint density at radius 1 is 0.450 bits per heavy atom. The molecule has 4 heteroatoms. The third-order valence-corrected chi connectivity index (χ3v) is 8.48. The molecule has 1 N–H and O–H groups in total. The molecule has 0 unspecified atom stereocenters. The van der Waals surface area contributed by atoms with Gasteiger partial charge in [-0.3, -0.25) is 9.59 Å². The quantitative estimate of drug-likeness (QED) is 0.0517. The van der Waals surface area contributed by atoms with Gasteiger partial charge in [-0.2, -0.15) is 0 Å². The summed E-state index contributed by atoms with van der Waals surface area (Å²) in [6.07, 6.45) is 34.4. The number of ketones is 2. The summed E-state index contributed by atoms with van der Waals surface area (Å²) in [6, 6.07) is 0. The maximum absolute atomic E-state index is 12.6. The van der Waals surface area contributed by atoms with E-state index in [-0.39, 0.29) is 11.6 Å². The Morgan fingerprint density at radius 3 is 0.825 bits per heavy atom. The van der Waals surface area contributed by atoms with E-state index < -0.39 is 4.87 Å². The Balaban J connectivity index is 0. The largest absolute Gasteiger partial charge is 0.323 e. The van der Waals surface area contributed by atoms with Crippen molar-refractivity contribution in [2.75, 3.05) is 14.1 Å². The molecule has 0 aliphatic carbocycles. The fraction of sp³-hybridized carbons (Fsp3) is 0.944. The van der Waals surface area contributed by atoms with Gasteiger partial charge >= 0.3 is 0 Å². The first-order chi connectivity index (χ1) is 19.4. The van der Waals surface area contributed by atoms with Crippen LogP contribution in [0.5, 0.6) is 0 Å². The third kappa shape index (κ3) is 29.1. The summed E-state index contributed by atoms with van der Waals surface area (Å²) < 4.78 is 0. The van der Waals surface area contributed by atoms with E-state index in [1.165, 1.54) is 141 Å². The molecule has 40 heavy (non-hydrogen) atoms. The topological polar surface area (TPSA) is 46.2 Å². The van der Waals surface area contributed by atoms with E-state index in [9.17, 15) is 9.59 Å². The lowest BCUT2D eigenvalue weighted by molar-refractivity contribution is -0.130. The molecule has 0 amide bonds. The van der Waals surface area contributed by atoms with Crippen molar-refractivity contribution in [1.29, 1.82) is 0 Å². The van der Waals surface area contributed by atoms with E-state index in [1.807, 2.05) is 14.1 Å². The number of alkyl halides is 1. The highest BCUT2D eigenvalue weighted by molar-refractivity contribution is 6.46. The second kappa shape index (κ2) is 33.1. The highest BCUT2D eigenvalue weighted by Gasteiger charge is 2.36. The molecule has 0 rings (SSSR count). The zero-order chi connectivity index (χ0) is 30.2. The zero-order valence-electron chi connectivity index (χ0n) is 28.0. The Labute approximate surface area is 257 Å². The molecule has 0 fully saturated rings. The Hall–Kier alpha value is -0.410. The van der Waals surface area contributed by atoms with Crippen LogP contribution in [0.25, 0.3) is 0 Å². The molecule has 0 saturated carbocycles. The van der Waals surface area contributed by atoms with Crippen LogP contribution >= 0.6 is 11.6 Å². The summed E-state index contributed by atoms with van der Waals surface area (Å²) in [5.41, 5.74) is 0. The summed E-state index contributed by atoms with van der Waals surface area (Å²) in [5, 5.41) is 2.75. The second-order valence-corrected chi connectivity index (χ2v) is 13.1. The minimum Gasteiger partial charge on any atom is -0.323 e. The number of carbonyl (C=O) groups excluding carboxylic acids is 2. The smallest absolute Gasteiger partial charge is 0.160 e. The van der Waals surface area contributed by atoms with E-state index in [0.29, 0.717) is 12.8 Å². The lowest BCUT2D eigenvalue weighted by Gasteiger charge is -2.19. The maximum Gasteiger partial charge on any atom is 0.160 e. The molecular weight excluding hydrogens is 514 g/mol. The van der Waals surface area contributed by atoms with E-state index >= 15 is 0 Å². The molecule has 0 aromatic carbocycles. The molecule has 0 radical (unpaired) electrons. The van der Waals surface area contributed by atoms with E-state index in [4.69, 9.17) is 11.6 Å². The maximum atomic E-state index is 12.6. The van der Waals surface area contributed by atoms with Crippen LogP contribution in [-0.2, 0) is 9.59 Å². The summed E-state index contributed by atoms with van der Waals surface area (Å²) in [6.45, 7) is 6.17. The fourth-order valence-electron chi connectivity index (χ4n) is 5.23. The number of Topliss-reactive ketones (excluding diaryl/α,β-unsaturated/α-hetero) is 2. The molecule has 0 saturated heterocycles. The van der Waals surface area contributed by atoms with E-state index in [2.05, 4.69) is 19.2 Å². The average molecular weight is 586 g/mol. The van der Waals surface area contributed by atoms with Gasteiger partial charge in [0.1, 0.15) is 0 Å². The van der Waals surface area contributed by atoms with Crippen molar-refractivity contribution in [3.63, 3.8) is 0 Å². The van der Waals surface area contributed by atoms with Crippen molar-refractivity contribution in [3.05, 3.63) is 0 Å². The normalized spacial score (nSPS) is 11.3. The molecule has 0 heterocycles. The monoisotopic (exact) mass is 586 g/mol. The number of hydrogen-bond acceptors (Lipinski definition) is 3. The third-order valence-electron chi connectivity index (χ3n) is 8.06. The molecule has 3 nitrogen and oxygen atoms in total. The molecule has 0 aromatic heterocycles. The summed E-state index contributed by atoms with van der Waals surface area (Å²) >= 11 is 6.44. The van der Waals surface area contributed by atoms with Crippen LogP contribution in [0.3, 0.4) is 0 Å². The molecule has 0 bridgehead atoms. The van der Waals surface area contributed by atoms with Crippen LogP contribution in [0.15, 0.2) is 0 Å². The van der Waals surface area contributed by atoms with Gasteiger partial charge in [-0.05, 0) is 33.9 Å². The number of unbranched alkanes of at least 4 members (excludes halogenated alkanes) is 24.